The number of carbonyl (C=O) groups is 1. The van der Waals surface area contributed by atoms with Crippen LogP contribution in [0, 0.1) is 30.3 Å². The largest absolute Gasteiger partial charge is 0.416 e. The van der Waals surface area contributed by atoms with Gasteiger partial charge in [-0.1, -0.05) is 11.6 Å². The van der Waals surface area contributed by atoms with Crippen LogP contribution in [0.4, 0.5) is 41.6 Å². The summed E-state index contributed by atoms with van der Waals surface area (Å²) in [6, 6.07) is 2.62. The molecule has 15 heteroatoms. The minimum Gasteiger partial charge on any atom is -0.278 e. The second-order valence-corrected chi connectivity index (χ2v) is 5.65. The molecule has 0 spiro atoms. The number of nitro benzene ring substituents is 3. The molecular formula is C14H6ClF3N4O7. The number of hydrogen-bond acceptors (Lipinski definition) is 7. The van der Waals surface area contributed by atoms with Crippen molar-refractivity contribution in [1.82, 2.24) is 0 Å². The summed E-state index contributed by atoms with van der Waals surface area (Å²) in [5.41, 5.74) is -6.82. The molecule has 152 valence electrons. The Balaban J connectivity index is 2.88. The van der Waals surface area contributed by atoms with E-state index in [-0.39, 0.29) is 28.5 Å². The second kappa shape index (κ2) is 7.67. The molecule has 0 aliphatic heterocycles. The fourth-order valence-electron chi connectivity index (χ4n) is 2.33. The Kier molecular flexibility index (Phi) is 5.68. The lowest BCUT2D eigenvalue weighted by molar-refractivity contribution is -0.392. The molecule has 0 aromatic heterocycles. The summed E-state index contributed by atoms with van der Waals surface area (Å²) >= 11 is 5.63. The number of anilines is 2. The number of rotatable bonds is 6. The number of hydrogen-bond donors (Lipinski definition) is 0. The molecule has 0 saturated heterocycles. The van der Waals surface area contributed by atoms with Crippen LogP contribution in [-0.4, -0.2) is 21.2 Å². The number of benzene rings is 2. The number of nitrogens with zero attached hydrogens (tertiary/aromatic N) is 4. The monoisotopic (exact) mass is 434 g/mol. The Hall–Kier alpha value is -3.81. The van der Waals surface area contributed by atoms with Crippen molar-refractivity contribution in [3.8, 4) is 0 Å². The number of alkyl halides is 3. The normalized spacial score (nSPS) is 11.0. The van der Waals surface area contributed by atoms with Crippen molar-refractivity contribution < 1.29 is 32.7 Å². The second-order valence-electron chi connectivity index (χ2n) is 5.24. The highest BCUT2D eigenvalue weighted by Crippen LogP contribution is 2.45. The highest BCUT2D eigenvalue weighted by Gasteiger charge is 2.39. The van der Waals surface area contributed by atoms with Gasteiger partial charge in [-0.15, -0.1) is 0 Å². The highest BCUT2D eigenvalue weighted by atomic mass is 35.5. The quantitative estimate of drug-likeness (QED) is 0.372. The van der Waals surface area contributed by atoms with E-state index >= 15 is 0 Å². The number of carbonyl (C=O) groups excluding carboxylic acids is 1. The third-order valence-electron chi connectivity index (χ3n) is 3.54. The SMILES string of the molecule is O=CN(c1ccc(Cl)c([N+](=O)[O-])c1)c1c([N+](=O)[O-])cc(C(F)(F)F)cc1[N+](=O)[O-]. The number of nitro groups is 3. The summed E-state index contributed by atoms with van der Waals surface area (Å²) in [7, 11) is 0. The van der Waals surface area contributed by atoms with E-state index in [1.807, 2.05) is 0 Å². The smallest absolute Gasteiger partial charge is 0.278 e. The van der Waals surface area contributed by atoms with Crippen molar-refractivity contribution in [2.45, 2.75) is 6.18 Å². The zero-order valence-electron chi connectivity index (χ0n) is 13.6. The first-order chi connectivity index (χ1) is 13.4. The fourth-order valence-corrected chi connectivity index (χ4v) is 2.51. The van der Waals surface area contributed by atoms with Crippen LogP contribution in [0.3, 0.4) is 0 Å². The van der Waals surface area contributed by atoms with Gasteiger partial charge in [-0.25, -0.2) is 0 Å². The molecule has 0 atom stereocenters. The van der Waals surface area contributed by atoms with E-state index in [0.29, 0.717) is 6.07 Å². The lowest BCUT2D eigenvalue weighted by atomic mass is 10.1. The van der Waals surface area contributed by atoms with Gasteiger partial charge in [0.1, 0.15) is 5.02 Å². The lowest BCUT2D eigenvalue weighted by Crippen LogP contribution is -2.19. The third kappa shape index (κ3) is 4.21. The molecule has 0 N–H and O–H groups in total. The van der Waals surface area contributed by atoms with Gasteiger partial charge in [-0.3, -0.25) is 40.0 Å². The first-order valence-corrected chi connectivity index (χ1v) is 7.48. The van der Waals surface area contributed by atoms with Crippen LogP contribution in [0.1, 0.15) is 5.56 Å². The van der Waals surface area contributed by atoms with Gasteiger partial charge in [-0.2, -0.15) is 13.2 Å². The van der Waals surface area contributed by atoms with Crippen LogP contribution >= 0.6 is 11.6 Å². The molecule has 2 aromatic rings. The van der Waals surface area contributed by atoms with E-state index in [4.69, 9.17) is 11.6 Å². The molecule has 29 heavy (non-hydrogen) atoms. The van der Waals surface area contributed by atoms with Gasteiger partial charge in [0.15, 0.2) is 0 Å². The van der Waals surface area contributed by atoms with Crippen molar-refractivity contribution in [2.75, 3.05) is 4.90 Å². The van der Waals surface area contributed by atoms with Crippen molar-refractivity contribution in [3.63, 3.8) is 0 Å². The fraction of sp³-hybridized carbons (Fsp3) is 0.0714. The van der Waals surface area contributed by atoms with Gasteiger partial charge >= 0.3 is 17.6 Å². The predicted molar refractivity (Wildman–Crippen MR) is 91.1 cm³/mol. The Morgan fingerprint density at radius 1 is 0.897 bits per heavy atom. The van der Waals surface area contributed by atoms with Crippen LogP contribution in [0.25, 0.3) is 0 Å². The molecule has 2 rings (SSSR count). The molecule has 11 nitrogen and oxygen atoms in total. The van der Waals surface area contributed by atoms with Gasteiger partial charge in [0.2, 0.25) is 12.1 Å². The standard InChI is InChI=1S/C14H6ClF3N4O7/c15-9-2-1-8(5-10(9)20(24)25)19(6-23)13-11(21(26)27)3-7(14(16,17)18)4-12(13)22(28)29/h1-6H. The van der Waals surface area contributed by atoms with Crippen LogP contribution in [-0.2, 0) is 11.0 Å². The van der Waals surface area contributed by atoms with E-state index in [0.717, 1.165) is 12.1 Å². The average molecular weight is 435 g/mol. The Labute approximate surface area is 162 Å². The van der Waals surface area contributed by atoms with Gasteiger partial charge in [0.05, 0.1) is 26.0 Å². The summed E-state index contributed by atoms with van der Waals surface area (Å²) in [5, 5.41) is 33.2. The Morgan fingerprint density at radius 3 is 1.76 bits per heavy atom. The molecule has 2 aromatic carbocycles. The molecule has 0 radical (unpaired) electrons. The molecule has 0 aliphatic carbocycles. The van der Waals surface area contributed by atoms with Gasteiger partial charge < -0.3 is 0 Å². The maximum atomic E-state index is 13.0. The summed E-state index contributed by atoms with van der Waals surface area (Å²) in [4.78, 5) is 41.8. The predicted octanol–water partition coefficient (Wildman–Crippen LogP) is 4.38. The topological polar surface area (TPSA) is 150 Å². The van der Waals surface area contributed by atoms with Gasteiger partial charge in [0.25, 0.3) is 5.69 Å². The third-order valence-corrected chi connectivity index (χ3v) is 3.86. The molecule has 0 heterocycles. The summed E-state index contributed by atoms with van der Waals surface area (Å²) < 4.78 is 38.9. The first-order valence-electron chi connectivity index (χ1n) is 7.11. The van der Waals surface area contributed by atoms with Crippen LogP contribution in [0.5, 0.6) is 0 Å². The summed E-state index contributed by atoms with van der Waals surface area (Å²) in [6.45, 7) is 0. The minimum absolute atomic E-state index is 0.0170. The van der Waals surface area contributed by atoms with E-state index < -0.39 is 54.9 Å². The van der Waals surface area contributed by atoms with Crippen molar-refractivity contribution in [3.05, 3.63) is 71.3 Å². The van der Waals surface area contributed by atoms with Crippen molar-refractivity contribution in [1.29, 1.82) is 0 Å². The lowest BCUT2D eigenvalue weighted by Gasteiger charge is -2.18. The highest BCUT2D eigenvalue weighted by molar-refractivity contribution is 6.32. The Bertz CT molecular complexity index is 1010. The molecule has 0 aliphatic rings. The van der Waals surface area contributed by atoms with E-state index in [1.54, 1.807) is 0 Å². The van der Waals surface area contributed by atoms with Gasteiger partial charge in [0, 0.05) is 18.2 Å². The molecular weight excluding hydrogens is 429 g/mol. The maximum absolute atomic E-state index is 13.0. The van der Waals surface area contributed by atoms with Crippen LogP contribution in [0.2, 0.25) is 5.02 Å². The maximum Gasteiger partial charge on any atom is 0.416 e. The van der Waals surface area contributed by atoms with Crippen LogP contribution < -0.4 is 4.90 Å². The van der Waals surface area contributed by atoms with Crippen molar-refractivity contribution in [2.24, 2.45) is 0 Å². The zero-order chi connectivity index (χ0) is 22.1. The minimum atomic E-state index is -5.15. The van der Waals surface area contributed by atoms with E-state index in [9.17, 15) is 48.3 Å². The molecule has 0 fully saturated rings. The summed E-state index contributed by atoms with van der Waals surface area (Å²) in [5.74, 6) is 0. The summed E-state index contributed by atoms with van der Waals surface area (Å²) in [6.07, 6.45) is -5.32. The number of halogens is 4. The van der Waals surface area contributed by atoms with Crippen molar-refractivity contribution >= 4 is 46.4 Å². The molecule has 0 bridgehead atoms. The van der Waals surface area contributed by atoms with Crippen LogP contribution in [0.15, 0.2) is 30.3 Å². The molecule has 1 amide bonds. The van der Waals surface area contributed by atoms with E-state index in [2.05, 4.69) is 0 Å². The first kappa shape index (κ1) is 21.5. The zero-order valence-corrected chi connectivity index (χ0v) is 14.4. The van der Waals surface area contributed by atoms with E-state index in [1.165, 1.54) is 0 Å². The molecule has 0 saturated carbocycles. The number of amides is 1. The molecule has 0 unspecified atom stereocenters. The Morgan fingerprint density at radius 2 is 1.38 bits per heavy atom. The van der Waals surface area contributed by atoms with Gasteiger partial charge in [-0.05, 0) is 12.1 Å². The average Bonchev–Trinajstić information content (AvgIpc) is 2.61.